The number of rotatable bonds is 3. The van der Waals surface area contributed by atoms with E-state index in [9.17, 15) is 4.79 Å². The molecule has 0 amide bonds. The molecule has 0 radical (unpaired) electrons. The second kappa shape index (κ2) is 5.65. The molecule has 1 aliphatic heterocycles. The molecule has 18 heavy (non-hydrogen) atoms. The number of hydrogen-bond acceptors (Lipinski definition) is 4. The molecule has 0 aromatic heterocycles. The van der Waals surface area contributed by atoms with Gasteiger partial charge >= 0.3 is 5.97 Å². The number of ether oxygens (including phenoxy) is 1. The van der Waals surface area contributed by atoms with Gasteiger partial charge in [0.05, 0.1) is 19.1 Å². The average Bonchev–Trinajstić information content (AvgIpc) is 2.82. The van der Waals surface area contributed by atoms with Crippen molar-refractivity contribution in [3.8, 4) is 6.07 Å². The Morgan fingerprint density at radius 3 is 2.83 bits per heavy atom. The van der Waals surface area contributed by atoms with Crippen molar-refractivity contribution in [2.24, 2.45) is 5.92 Å². The highest BCUT2D eigenvalue weighted by Crippen LogP contribution is 2.25. The largest absolute Gasteiger partial charge is 0.468 e. The monoisotopic (exact) mass is 244 g/mol. The zero-order chi connectivity index (χ0) is 13.0. The molecule has 2 atom stereocenters. The van der Waals surface area contributed by atoms with Crippen LogP contribution in [0.25, 0.3) is 0 Å². The first-order valence-corrected chi connectivity index (χ1v) is 6.00. The van der Waals surface area contributed by atoms with Crippen LogP contribution in [0.4, 0.5) is 0 Å². The van der Waals surface area contributed by atoms with Gasteiger partial charge in [-0.3, -0.25) is 9.69 Å². The minimum Gasteiger partial charge on any atom is -0.468 e. The molecule has 1 saturated heterocycles. The van der Waals surface area contributed by atoms with Crippen LogP contribution in [0.3, 0.4) is 0 Å². The Bertz CT molecular complexity index is 453. The summed E-state index contributed by atoms with van der Waals surface area (Å²) in [5.41, 5.74) is 1.14. The van der Waals surface area contributed by atoms with E-state index < -0.39 is 0 Å². The van der Waals surface area contributed by atoms with E-state index in [2.05, 4.69) is 6.07 Å². The van der Waals surface area contributed by atoms with Crippen LogP contribution in [0, 0.1) is 17.2 Å². The topological polar surface area (TPSA) is 53.3 Å². The maximum absolute atomic E-state index is 11.7. The van der Waals surface area contributed by atoms with Crippen molar-refractivity contribution in [3.05, 3.63) is 35.9 Å². The average molecular weight is 244 g/mol. The van der Waals surface area contributed by atoms with E-state index in [1.807, 2.05) is 35.2 Å². The number of benzene rings is 1. The fraction of sp³-hybridized carbons (Fsp3) is 0.429. The van der Waals surface area contributed by atoms with E-state index >= 15 is 0 Å². The lowest BCUT2D eigenvalue weighted by Gasteiger charge is -2.21. The molecule has 4 nitrogen and oxygen atoms in total. The summed E-state index contributed by atoms with van der Waals surface area (Å²) < 4.78 is 4.80. The van der Waals surface area contributed by atoms with Gasteiger partial charge in [0, 0.05) is 13.1 Å². The fourth-order valence-electron chi connectivity index (χ4n) is 2.37. The highest BCUT2D eigenvalue weighted by atomic mass is 16.5. The van der Waals surface area contributed by atoms with Crippen LogP contribution < -0.4 is 0 Å². The smallest absolute Gasteiger partial charge is 0.323 e. The van der Waals surface area contributed by atoms with E-state index in [-0.39, 0.29) is 17.9 Å². The fourth-order valence-corrected chi connectivity index (χ4v) is 2.37. The Hall–Kier alpha value is -1.86. The van der Waals surface area contributed by atoms with Crippen molar-refractivity contribution < 1.29 is 9.53 Å². The van der Waals surface area contributed by atoms with E-state index in [1.165, 1.54) is 7.11 Å². The van der Waals surface area contributed by atoms with E-state index in [4.69, 9.17) is 10.00 Å². The van der Waals surface area contributed by atoms with E-state index in [0.29, 0.717) is 19.5 Å². The number of likely N-dealkylation sites (tertiary alicyclic amines) is 1. The third-order valence-electron chi connectivity index (χ3n) is 3.29. The third-order valence-corrected chi connectivity index (χ3v) is 3.29. The Balaban J connectivity index is 2.10. The van der Waals surface area contributed by atoms with Gasteiger partial charge in [-0.25, -0.2) is 0 Å². The van der Waals surface area contributed by atoms with Crippen molar-refractivity contribution in [3.63, 3.8) is 0 Å². The summed E-state index contributed by atoms with van der Waals surface area (Å²) in [6.45, 7) is 1.31. The number of methoxy groups -OCH3 is 1. The molecule has 1 aromatic carbocycles. The van der Waals surface area contributed by atoms with Gasteiger partial charge in [0.1, 0.15) is 6.04 Å². The van der Waals surface area contributed by atoms with E-state index in [0.717, 1.165) is 5.56 Å². The predicted molar refractivity (Wildman–Crippen MR) is 66.4 cm³/mol. The van der Waals surface area contributed by atoms with Gasteiger partial charge in [0.15, 0.2) is 0 Å². The van der Waals surface area contributed by atoms with Crippen LogP contribution in [-0.2, 0) is 16.1 Å². The normalized spacial score (nSPS) is 23.6. The molecule has 94 valence electrons. The lowest BCUT2D eigenvalue weighted by atomic mass is 10.1. The van der Waals surface area contributed by atoms with Crippen molar-refractivity contribution in [2.75, 3.05) is 13.7 Å². The second-order valence-corrected chi connectivity index (χ2v) is 4.52. The van der Waals surface area contributed by atoms with Crippen LogP contribution in [0.2, 0.25) is 0 Å². The highest BCUT2D eigenvalue weighted by molar-refractivity contribution is 5.76. The number of esters is 1. The minimum absolute atomic E-state index is 0.0854. The Morgan fingerprint density at radius 1 is 1.50 bits per heavy atom. The van der Waals surface area contributed by atoms with Gasteiger partial charge in [-0.2, -0.15) is 5.26 Å². The zero-order valence-corrected chi connectivity index (χ0v) is 10.4. The standard InChI is InChI=1S/C14H16N2O2/c1-18-14(17)13-7-12(8-15)10-16(13)9-11-5-3-2-4-6-11/h2-6,12-13H,7,9-10H2,1H3/t12-,13+/m1/s1. The first-order chi connectivity index (χ1) is 8.74. The van der Waals surface area contributed by atoms with Crippen LogP contribution in [0.15, 0.2) is 30.3 Å². The number of nitrogens with zero attached hydrogens (tertiary/aromatic N) is 2. The highest BCUT2D eigenvalue weighted by Gasteiger charge is 2.37. The van der Waals surface area contributed by atoms with Gasteiger partial charge in [-0.15, -0.1) is 0 Å². The minimum atomic E-state index is -0.292. The summed E-state index contributed by atoms with van der Waals surface area (Å²) in [5.74, 6) is -0.332. The molecule has 0 saturated carbocycles. The van der Waals surface area contributed by atoms with Gasteiger partial charge in [-0.1, -0.05) is 30.3 Å². The SMILES string of the molecule is COC(=O)[C@@H]1C[C@H](C#N)CN1Cc1ccccc1. The number of carbonyl (C=O) groups excluding carboxylic acids is 1. The molecule has 0 N–H and O–H groups in total. The molecule has 1 aliphatic rings. The molecular formula is C14H16N2O2. The van der Waals surface area contributed by atoms with Gasteiger partial charge < -0.3 is 4.74 Å². The lowest BCUT2D eigenvalue weighted by Crippen LogP contribution is -2.36. The Kier molecular flexibility index (Phi) is 3.96. The van der Waals surface area contributed by atoms with Crippen LogP contribution in [0.1, 0.15) is 12.0 Å². The Morgan fingerprint density at radius 2 is 2.22 bits per heavy atom. The summed E-state index contributed by atoms with van der Waals surface area (Å²) in [6.07, 6.45) is 0.565. The van der Waals surface area contributed by atoms with Crippen LogP contribution in [-0.4, -0.2) is 30.6 Å². The number of carbonyl (C=O) groups is 1. The Labute approximate surface area is 107 Å². The number of hydrogen-bond donors (Lipinski definition) is 0. The summed E-state index contributed by atoms with van der Waals surface area (Å²) in [4.78, 5) is 13.7. The van der Waals surface area contributed by atoms with Gasteiger partial charge in [0.2, 0.25) is 0 Å². The molecular weight excluding hydrogens is 228 g/mol. The molecule has 1 aromatic rings. The summed E-state index contributed by atoms with van der Waals surface area (Å²) in [7, 11) is 1.39. The summed E-state index contributed by atoms with van der Waals surface area (Å²) in [6, 6.07) is 11.9. The molecule has 0 unspecified atom stereocenters. The number of nitriles is 1. The molecule has 0 aliphatic carbocycles. The van der Waals surface area contributed by atoms with Crippen molar-refractivity contribution in [1.82, 2.24) is 4.90 Å². The second-order valence-electron chi connectivity index (χ2n) is 4.52. The maximum atomic E-state index is 11.7. The summed E-state index contributed by atoms with van der Waals surface area (Å²) >= 11 is 0. The lowest BCUT2D eigenvalue weighted by molar-refractivity contribution is -0.146. The molecule has 1 heterocycles. The van der Waals surface area contributed by atoms with Crippen LogP contribution in [0.5, 0.6) is 0 Å². The third kappa shape index (κ3) is 2.69. The van der Waals surface area contributed by atoms with Gasteiger partial charge in [0.25, 0.3) is 0 Å². The van der Waals surface area contributed by atoms with E-state index in [1.54, 1.807) is 0 Å². The molecule has 4 heteroatoms. The van der Waals surface area contributed by atoms with Crippen molar-refractivity contribution in [1.29, 1.82) is 5.26 Å². The quantitative estimate of drug-likeness (QED) is 0.757. The molecule has 0 bridgehead atoms. The predicted octanol–water partition coefficient (Wildman–Crippen LogP) is 1.57. The first-order valence-electron chi connectivity index (χ1n) is 6.00. The molecule has 1 fully saturated rings. The molecule has 2 rings (SSSR count). The van der Waals surface area contributed by atoms with Crippen molar-refractivity contribution in [2.45, 2.75) is 19.0 Å². The summed E-state index contributed by atoms with van der Waals surface area (Å²) in [5, 5.41) is 8.99. The van der Waals surface area contributed by atoms with Crippen LogP contribution >= 0.6 is 0 Å². The van der Waals surface area contributed by atoms with Crippen molar-refractivity contribution >= 4 is 5.97 Å². The molecule has 0 spiro atoms. The maximum Gasteiger partial charge on any atom is 0.323 e. The van der Waals surface area contributed by atoms with Gasteiger partial charge in [-0.05, 0) is 12.0 Å². The zero-order valence-electron chi connectivity index (χ0n) is 10.4. The first kappa shape index (κ1) is 12.6.